The van der Waals surface area contributed by atoms with Crippen LogP contribution in [-0.2, 0) is 9.59 Å². The Morgan fingerprint density at radius 1 is 1.10 bits per heavy atom. The molecule has 0 radical (unpaired) electrons. The van der Waals surface area contributed by atoms with E-state index in [-0.39, 0.29) is 5.57 Å². The number of fused-ring (bicyclic) bond motifs is 1. The third-order valence-electron chi connectivity index (χ3n) is 5.08. The number of carbonyl (C=O) groups excluding carboxylic acids is 2. The third-order valence-corrected chi connectivity index (χ3v) is 5.08. The molecule has 4 rings (SSSR count). The standard InChI is InChI=1S/C22H19N3O5/c1-12-8-15(14(3)25(12)19-9-13(2)30-23-19)10-18-16-6-4-5-7-17(16)21(28)24(22(18)29)11-20(26)27/h4-10H,11H2,1-3H3,(H,26,27)/b18-10-. The lowest BCUT2D eigenvalue weighted by Crippen LogP contribution is -2.44. The first kappa shape index (κ1) is 19.4. The first-order chi connectivity index (χ1) is 14.3. The van der Waals surface area contributed by atoms with E-state index in [0.717, 1.165) is 21.9 Å². The van der Waals surface area contributed by atoms with E-state index in [1.807, 2.05) is 30.5 Å². The molecule has 2 amide bonds. The first-order valence-electron chi connectivity index (χ1n) is 9.29. The third kappa shape index (κ3) is 3.12. The SMILES string of the molecule is Cc1cc(-n2c(C)cc(/C=C3\C(=O)N(CC(=O)O)C(=O)c4ccccc43)c2C)no1. The Kier molecular flexibility index (Phi) is 4.62. The van der Waals surface area contributed by atoms with Gasteiger partial charge in [-0.3, -0.25) is 23.9 Å². The lowest BCUT2D eigenvalue weighted by atomic mass is 9.92. The Bertz CT molecular complexity index is 1230. The van der Waals surface area contributed by atoms with Crippen LogP contribution in [0, 0.1) is 20.8 Å². The number of nitrogens with zero attached hydrogens (tertiary/aromatic N) is 3. The number of aliphatic carboxylic acids is 1. The molecule has 0 fully saturated rings. The second-order valence-electron chi connectivity index (χ2n) is 7.15. The summed E-state index contributed by atoms with van der Waals surface area (Å²) < 4.78 is 7.08. The van der Waals surface area contributed by atoms with Gasteiger partial charge >= 0.3 is 5.97 Å². The molecular formula is C22H19N3O5. The van der Waals surface area contributed by atoms with Crippen molar-refractivity contribution in [2.75, 3.05) is 6.54 Å². The van der Waals surface area contributed by atoms with E-state index in [4.69, 9.17) is 9.63 Å². The number of carboxylic acid groups (broad SMARTS) is 1. The Balaban J connectivity index is 1.87. The van der Waals surface area contributed by atoms with Gasteiger partial charge in [0.05, 0.1) is 0 Å². The molecule has 0 unspecified atom stereocenters. The minimum atomic E-state index is -1.25. The number of carboxylic acids is 1. The lowest BCUT2D eigenvalue weighted by Gasteiger charge is -2.27. The van der Waals surface area contributed by atoms with Crippen molar-refractivity contribution in [3.8, 4) is 5.82 Å². The van der Waals surface area contributed by atoms with Crippen molar-refractivity contribution in [2.45, 2.75) is 20.8 Å². The fourth-order valence-electron chi connectivity index (χ4n) is 3.72. The van der Waals surface area contributed by atoms with Gasteiger partial charge in [0, 0.05) is 28.6 Å². The van der Waals surface area contributed by atoms with Gasteiger partial charge in [0.25, 0.3) is 11.8 Å². The fraction of sp³-hybridized carbons (Fsp3) is 0.182. The quantitative estimate of drug-likeness (QED) is 0.528. The van der Waals surface area contributed by atoms with Crippen LogP contribution in [0.5, 0.6) is 0 Å². The summed E-state index contributed by atoms with van der Waals surface area (Å²) in [5, 5.41) is 13.2. The van der Waals surface area contributed by atoms with Crippen LogP contribution in [0.2, 0.25) is 0 Å². The molecule has 0 aliphatic carbocycles. The number of hydrogen-bond donors (Lipinski definition) is 1. The fourth-order valence-corrected chi connectivity index (χ4v) is 3.72. The van der Waals surface area contributed by atoms with Crippen molar-refractivity contribution in [3.63, 3.8) is 0 Å². The van der Waals surface area contributed by atoms with Crippen molar-refractivity contribution in [2.24, 2.45) is 0 Å². The Labute approximate surface area is 172 Å². The summed E-state index contributed by atoms with van der Waals surface area (Å²) in [6.07, 6.45) is 1.69. The highest BCUT2D eigenvalue weighted by Gasteiger charge is 2.36. The number of amides is 2. The van der Waals surface area contributed by atoms with Crippen LogP contribution in [0.15, 0.2) is 40.9 Å². The van der Waals surface area contributed by atoms with Crippen molar-refractivity contribution >= 4 is 29.4 Å². The number of aryl methyl sites for hydroxylation is 2. The smallest absolute Gasteiger partial charge is 0.323 e. The largest absolute Gasteiger partial charge is 0.480 e. The molecule has 30 heavy (non-hydrogen) atoms. The van der Waals surface area contributed by atoms with E-state index in [2.05, 4.69) is 5.16 Å². The number of rotatable bonds is 4. The average Bonchev–Trinajstić information content (AvgIpc) is 3.24. The van der Waals surface area contributed by atoms with Gasteiger partial charge in [-0.1, -0.05) is 23.4 Å². The zero-order valence-electron chi connectivity index (χ0n) is 16.7. The van der Waals surface area contributed by atoms with Crippen molar-refractivity contribution in [1.29, 1.82) is 0 Å². The molecule has 0 atom stereocenters. The van der Waals surface area contributed by atoms with E-state index in [0.29, 0.717) is 22.7 Å². The zero-order valence-corrected chi connectivity index (χ0v) is 16.7. The normalized spacial score (nSPS) is 15.0. The van der Waals surface area contributed by atoms with Crippen LogP contribution in [0.1, 0.15) is 38.6 Å². The summed E-state index contributed by atoms with van der Waals surface area (Å²) in [5.41, 5.74) is 3.53. The second-order valence-corrected chi connectivity index (χ2v) is 7.15. The maximum atomic E-state index is 13.1. The minimum Gasteiger partial charge on any atom is -0.480 e. The van der Waals surface area contributed by atoms with E-state index >= 15 is 0 Å². The van der Waals surface area contributed by atoms with Crippen molar-refractivity contribution < 1.29 is 24.0 Å². The highest BCUT2D eigenvalue weighted by Crippen LogP contribution is 2.32. The van der Waals surface area contributed by atoms with Crippen LogP contribution in [0.4, 0.5) is 0 Å². The van der Waals surface area contributed by atoms with Gasteiger partial charge in [0.2, 0.25) is 0 Å². The number of imide groups is 1. The van der Waals surface area contributed by atoms with Gasteiger partial charge in [-0.25, -0.2) is 0 Å². The molecule has 0 spiro atoms. The highest BCUT2D eigenvalue weighted by molar-refractivity contribution is 6.34. The molecule has 1 aliphatic heterocycles. The van der Waals surface area contributed by atoms with E-state index < -0.39 is 24.3 Å². The van der Waals surface area contributed by atoms with Crippen LogP contribution >= 0.6 is 0 Å². The minimum absolute atomic E-state index is 0.267. The molecule has 152 valence electrons. The molecule has 2 aromatic heterocycles. The summed E-state index contributed by atoms with van der Waals surface area (Å²) in [7, 11) is 0. The predicted octanol–water partition coefficient (Wildman–Crippen LogP) is 3.00. The Hall–Kier alpha value is -3.94. The average molecular weight is 405 g/mol. The summed E-state index contributed by atoms with van der Waals surface area (Å²) in [6, 6.07) is 10.4. The number of hydrogen-bond acceptors (Lipinski definition) is 5. The monoisotopic (exact) mass is 405 g/mol. The molecular weight excluding hydrogens is 386 g/mol. The van der Waals surface area contributed by atoms with Crippen LogP contribution in [0.25, 0.3) is 17.5 Å². The molecule has 1 aliphatic rings. The molecule has 0 saturated carbocycles. The summed E-state index contributed by atoms with van der Waals surface area (Å²) in [5.74, 6) is -1.20. The number of benzene rings is 1. The Morgan fingerprint density at radius 2 is 1.80 bits per heavy atom. The van der Waals surface area contributed by atoms with Crippen LogP contribution < -0.4 is 0 Å². The maximum Gasteiger partial charge on any atom is 0.323 e. The van der Waals surface area contributed by atoms with Gasteiger partial charge < -0.3 is 9.63 Å². The molecule has 1 aromatic carbocycles. The van der Waals surface area contributed by atoms with E-state index in [1.54, 1.807) is 37.3 Å². The maximum absolute atomic E-state index is 13.1. The second kappa shape index (κ2) is 7.14. The first-order valence-corrected chi connectivity index (χ1v) is 9.29. The van der Waals surface area contributed by atoms with Gasteiger partial charge in [-0.15, -0.1) is 0 Å². The van der Waals surface area contributed by atoms with Crippen molar-refractivity contribution in [1.82, 2.24) is 14.6 Å². The van der Waals surface area contributed by atoms with Crippen LogP contribution in [-0.4, -0.2) is 44.1 Å². The molecule has 0 saturated heterocycles. The van der Waals surface area contributed by atoms with Gasteiger partial charge in [-0.2, -0.15) is 0 Å². The van der Waals surface area contributed by atoms with E-state index in [9.17, 15) is 14.4 Å². The van der Waals surface area contributed by atoms with Gasteiger partial charge in [-0.05, 0) is 50.1 Å². The zero-order chi connectivity index (χ0) is 21.6. The van der Waals surface area contributed by atoms with Gasteiger partial charge in [0.15, 0.2) is 5.82 Å². The topological polar surface area (TPSA) is 106 Å². The highest BCUT2D eigenvalue weighted by atomic mass is 16.5. The van der Waals surface area contributed by atoms with Crippen molar-refractivity contribution in [3.05, 3.63) is 70.2 Å². The van der Waals surface area contributed by atoms with Crippen LogP contribution in [0.3, 0.4) is 0 Å². The van der Waals surface area contributed by atoms with Gasteiger partial charge in [0.1, 0.15) is 12.3 Å². The summed E-state index contributed by atoms with van der Waals surface area (Å²) in [6.45, 7) is 4.92. The van der Waals surface area contributed by atoms with E-state index in [1.165, 1.54) is 0 Å². The lowest BCUT2D eigenvalue weighted by molar-refractivity contribution is -0.141. The molecule has 0 bridgehead atoms. The summed E-state index contributed by atoms with van der Waals surface area (Å²) >= 11 is 0. The molecule has 1 N–H and O–H groups in total. The molecule has 8 nitrogen and oxygen atoms in total. The molecule has 8 heteroatoms. The number of aromatic nitrogens is 2. The Morgan fingerprint density at radius 3 is 2.43 bits per heavy atom. The summed E-state index contributed by atoms with van der Waals surface area (Å²) in [4.78, 5) is 37.7. The molecule has 3 aromatic rings. The molecule has 3 heterocycles. The predicted molar refractivity (Wildman–Crippen MR) is 108 cm³/mol. The number of carbonyl (C=O) groups is 3.